The maximum atomic E-state index is 11.3. The summed E-state index contributed by atoms with van der Waals surface area (Å²) in [6.07, 6.45) is 1.55. The van der Waals surface area contributed by atoms with Crippen LogP contribution in [-0.2, 0) is 11.3 Å². The molecule has 0 aliphatic heterocycles. The normalized spacial score (nSPS) is 10.2. The molecule has 0 aliphatic carbocycles. The van der Waals surface area contributed by atoms with E-state index in [9.17, 15) is 24.5 Å². The predicted molar refractivity (Wildman–Crippen MR) is 57.9 cm³/mol. The standard InChI is InChI=1S/C9H11N3O5/c1-6(13)3-2-4-11-5-7(12(16)17)8(14)10-9(11)15/h5H,2-4H2,1H3,(H,10,14,15). The first-order valence-electron chi connectivity index (χ1n) is 4.89. The number of nitrogens with one attached hydrogen (secondary N) is 1. The fourth-order valence-corrected chi connectivity index (χ4v) is 1.29. The Morgan fingerprint density at radius 1 is 1.53 bits per heavy atom. The van der Waals surface area contributed by atoms with Crippen molar-refractivity contribution in [3.05, 3.63) is 37.1 Å². The minimum Gasteiger partial charge on any atom is -0.300 e. The molecule has 0 aliphatic rings. The van der Waals surface area contributed by atoms with Crippen LogP contribution in [0.3, 0.4) is 0 Å². The van der Waals surface area contributed by atoms with Crippen LogP contribution >= 0.6 is 0 Å². The first kappa shape index (κ1) is 12.8. The molecule has 0 fully saturated rings. The summed E-state index contributed by atoms with van der Waals surface area (Å²) in [5, 5.41) is 10.5. The number of aromatic amines is 1. The lowest BCUT2D eigenvalue weighted by Gasteiger charge is -2.02. The molecule has 8 nitrogen and oxygen atoms in total. The Kier molecular flexibility index (Phi) is 3.91. The van der Waals surface area contributed by atoms with Gasteiger partial charge < -0.3 is 4.79 Å². The highest BCUT2D eigenvalue weighted by atomic mass is 16.6. The lowest BCUT2D eigenvalue weighted by atomic mass is 10.2. The number of carbonyl (C=O) groups excluding carboxylic acids is 1. The Morgan fingerprint density at radius 3 is 2.71 bits per heavy atom. The van der Waals surface area contributed by atoms with Crippen molar-refractivity contribution in [1.29, 1.82) is 0 Å². The molecule has 0 aromatic carbocycles. The van der Waals surface area contributed by atoms with Crippen molar-refractivity contribution in [3.8, 4) is 0 Å². The van der Waals surface area contributed by atoms with E-state index < -0.39 is 21.9 Å². The van der Waals surface area contributed by atoms with Crippen molar-refractivity contribution in [3.63, 3.8) is 0 Å². The van der Waals surface area contributed by atoms with Gasteiger partial charge in [0.1, 0.15) is 5.78 Å². The summed E-state index contributed by atoms with van der Waals surface area (Å²) >= 11 is 0. The first-order valence-corrected chi connectivity index (χ1v) is 4.89. The molecule has 0 atom stereocenters. The van der Waals surface area contributed by atoms with Crippen molar-refractivity contribution in [2.24, 2.45) is 0 Å². The molecular weight excluding hydrogens is 230 g/mol. The second kappa shape index (κ2) is 5.19. The number of aromatic nitrogens is 2. The largest absolute Gasteiger partial charge is 0.350 e. The maximum Gasteiger partial charge on any atom is 0.350 e. The Bertz CT molecular complexity index is 556. The van der Waals surface area contributed by atoms with Crippen molar-refractivity contribution in [1.82, 2.24) is 9.55 Å². The van der Waals surface area contributed by atoms with E-state index in [-0.39, 0.29) is 18.7 Å². The molecule has 1 heterocycles. The molecule has 0 unspecified atom stereocenters. The van der Waals surface area contributed by atoms with Gasteiger partial charge in [-0.05, 0) is 13.3 Å². The van der Waals surface area contributed by atoms with Gasteiger partial charge in [-0.3, -0.25) is 24.5 Å². The number of hydrogen-bond donors (Lipinski definition) is 1. The van der Waals surface area contributed by atoms with Gasteiger partial charge in [0, 0.05) is 13.0 Å². The lowest BCUT2D eigenvalue weighted by molar-refractivity contribution is -0.386. The Hall–Kier alpha value is -2.25. The first-order chi connectivity index (χ1) is 7.91. The molecule has 17 heavy (non-hydrogen) atoms. The molecule has 1 N–H and O–H groups in total. The molecule has 0 spiro atoms. The van der Waals surface area contributed by atoms with Crippen molar-refractivity contribution >= 4 is 11.5 Å². The summed E-state index contributed by atoms with van der Waals surface area (Å²) in [7, 11) is 0. The van der Waals surface area contributed by atoms with Crippen molar-refractivity contribution < 1.29 is 9.72 Å². The van der Waals surface area contributed by atoms with Crippen LogP contribution in [-0.4, -0.2) is 20.3 Å². The van der Waals surface area contributed by atoms with Crippen LogP contribution < -0.4 is 11.2 Å². The molecule has 8 heteroatoms. The van der Waals surface area contributed by atoms with Crippen molar-refractivity contribution in [2.75, 3.05) is 0 Å². The van der Waals surface area contributed by atoms with E-state index in [0.29, 0.717) is 6.42 Å². The van der Waals surface area contributed by atoms with E-state index in [1.165, 1.54) is 6.92 Å². The van der Waals surface area contributed by atoms with Gasteiger partial charge in [-0.15, -0.1) is 0 Å². The number of hydrogen-bond acceptors (Lipinski definition) is 5. The summed E-state index contributed by atoms with van der Waals surface area (Å²) in [6.45, 7) is 1.56. The number of carbonyl (C=O) groups is 1. The lowest BCUT2D eigenvalue weighted by Crippen LogP contribution is -2.30. The zero-order valence-electron chi connectivity index (χ0n) is 9.13. The van der Waals surface area contributed by atoms with Crippen LogP contribution in [0.4, 0.5) is 5.69 Å². The van der Waals surface area contributed by atoms with Crippen LogP contribution in [0.15, 0.2) is 15.8 Å². The quantitative estimate of drug-likeness (QED) is 0.566. The van der Waals surface area contributed by atoms with Gasteiger partial charge in [0.05, 0.1) is 11.1 Å². The van der Waals surface area contributed by atoms with E-state index >= 15 is 0 Å². The Balaban J connectivity index is 2.96. The van der Waals surface area contributed by atoms with Crippen LogP contribution in [0.2, 0.25) is 0 Å². The number of nitrogens with zero attached hydrogens (tertiary/aromatic N) is 2. The van der Waals surface area contributed by atoms with E-state index in [1.807, 2.05) is 4.98 Å². The van der Waals surface area contributed by atoms with Crippen LogP contribution in [0.25, 0.3) is 0 Å². The SMILES string of the molecule is CC(=O)CCCn1cc([N+](=O)[O-])c(=O)[nH]c1=O. The monoisotopic (exact) mass is 241 g/mol. The van der Waals surface area contributed by atoms with Crippen LogP contribution in [0.5, 0.6) is 0 Å². The van der Waals surface area contributed by atoms with Gasteiger partial charge in [0.15, 0.2) is 0 Å². The molecule has 1 aromatic heterocycles. The molecular formula is C9H11N3O5. The maximum absolute atomic E-state index is 11.3. The number of Topliss-reactive ketones (excluding diaryl/α,β-unsaturated/α-hetero) is 1. The highest BCUT2D eigenvalue weighted by Gasteiger charge is 2.14. The molecule has 1 aromatic rings. The summed E-state index contributed by atoms with van der Waals surface area (Å²) in [4.78, 5) is 44.5. The van der Waals surface area contributed by atoms with Crippen LogP contribution in [0, 0.1) is 10.1 Å². The third-order valence-electron chi connectivity index (χ3n) is 2.12. The minimum absolute atomic E-state index is 0.0306. The molecule has 0 bridgehead atoms. The van der Waals surface area contributed by atoms with E-state index in [0.717, 1.165) is 10.8 Å². The molecule has 92 valence electrons. The van der Waals surface area contributed by atoms with Gasteiger partial charge in [-0.25, -0.2) is 4.79 Å². The molecule has 0 amide bonds. The number of H-pyrrole nitrogens is 1. The zero-order valence-corrected chi connectivity index (χ0v) is 9.13. The highest BCUT2D eigenvalue weighted by Crippen LogP contribution is 2.00. The fraction of sp³-hybridized carbons (Fsp3) is 0.444. The number of nitro groups is 1. The molecule has 0 radical (unpaired) electrons. The topological polar surface area (TPSA) is 115 Å². The van der Waals surface area contributed by atoms with Crippen molar-refractivity contribution in [2.45, 2.75) is 26.3 Å². The summed E-state index contributed by atoms with van der Waals surface area (Å²) in [5.74, 6) is -0.0306. The average Bonchev–Trinajstić information content (AvgIpc) is 2.20. The van der Waals surface area contributed by atoms with Gasteiger partial charge in [-0.2, -0.15) is 0 Å². The second-order valence-corrected chi connectivity index (χ2v) is 3.53. The molecule has 0 saturated heterocycles. The molecule has 0 saturated carbocycles. The van der Waals surface area contributed by atoms with Gasteiger partial charge >= 0.3 is 16.9 Å². The zero-order chi connectivity index (χ0) is 13.0. The van der Waals surface area contributed by atoms with E-state index in [2.05, 4.69) is 0 Å². The van der Waals surface area contributed by atoms with Crippen LogP contribution in [0.1, 0.15) is 19.8 Å². The third-order valence-corrected chi connectivity index (χ3v) is 2.12. The fourth-order valence-electron chi connectivity index (χ4n) is 1.29. The van der Waals surface area contributed by atoms with Gasteiger partial charge in [0.25, 0.3) is 0 Å². The summed E-state index contributed by atoms with van der Waals surface area (Å²) in [6, 6.07) is 0. The van der Waals surface area contributed by atoms with Gasteiger partial charge in [0.2, 0.25) is 0 Å². The Morgan fingerprint density at radius 2 is 2.18 bits per heavy atom. The average molecular weight is 241 g/mol. The molecule has 1 rings (SSSR count). The van der Waals surface area contributed by atoms with Gasteiger partial charge in [-0.1, -0.05) is 0 Å². The Labute approximate surface area is 95.0 Å². The second-order valence-electron chi connectivity index (χ2n) is 3.53. The predicted octanol–water partition coefficient (Wildman–Crippen LogP) is -0.186. The van der Waals surface area contributed by atoms with E-state index in [4.69, 9.17) is 0 Å². The number of aryl methyl sites for hydroxylation is 1. The highest BCUT2D eigenvalue weighted by molar-refractivity contribution is 5.75. The number of ketones is 1. The minimum atomic E-state index is -1.03. The summed E-state index contributed by atoms with van der Waals surface area (Å²) < 4.78 is 1.02. The third kappa shape index (κ3) is 3.37. The summed E-state index contributed by atoms with van der Waals surface area (Å²) in [5.41, 5.74) is -2.43. The number of rotatable bonds is 5. The van der Waals surface area contributed by atoms with E-state index in [1.54, 1.807) is 0 Å². The smallest absolute Gasteiger partial charge is 0.300 e.